The van der Waals surface area contributed by atoms with Crippen LogP contribution in [0.3, 0.4) is 0 Å². The van der Waals surface area contributed by atoms with E-state index in [4.69, 9.17) is 17.2 Å². The molecule has 4 rings (SSSR count). The number of likely N-dealkylation sites (N-methyl/N-ethyl adjacent to an activating group) is 1. The molecule has 8 heteroatoms. The summed E-state index contributed by atoms with van der Waals surface area (Å²) in [6.45, 7) is 6.13. The van der Waals surface area contributed by atoms with Crippen molar-refractivity contribution in [2.45, 2.75) is 20.3 Å². The Kier molecular flexibility index (Phi) is 5.01. The second-order valence-corrected chi connectivity index (χ2v) is 9.35. The molecule has 0 N–H and O–H groups in total. The normalized spacial score (nSPS) is 24.6. The minimum atomic E-state index is -0.182. The van der Waals surface area contributed by atoms with E-state index in [0.29, 0.717) is 38.1 Å². The molecular formula is C20H22N4O2S2. The maximum absolute atomic E-state index is 13.3. The number of thioether (sulfide) groups is 1. The van der Waals surface area contributed by atoms with Gasteiger partial charge in [0.2, 0.25) is 0 Å². The fourth-order valence-corrected chi connectivity index (χ4v) is 5.13. The van der Waals surface area contributed by atoms with Crippen molar-refractivity contribution in [3.8, 4) is 0 Å². The average Bonchev–Trinajstić information content (AvgIpc) is 2.90. The molecule has 6 nitrogen and oxygen atoms in total. The predicted molar refractivity (Wildman–Crippen MR) is 118 cm³/mol. The molecule has 2 atom stereocenters. The molecule has 1 amide bonds. The lowest BCUT2D eigenvalue weighted by Gasteiger charge is -2.36. The van der Waals surface area contributed by atoms with Gasteiger partial charge in [-0.15, -0.1) is 0 Å². The number of rotatable bonds is 2. The molecule has 2 fully saturated rings. The van der Waals surface area contributed by atoms with Gasteiger partial charge in [0, 0.05) is 26.3 Å². The first-order valence-corrected chi connectivity index (χ1v) is 10.6. The number of hydrogen-bond acceptors (Lipinski definition) is 6. The highest BCUT2D eigenvalue weighted by Gasteiger charge is 2.31. The minimum Gasteiger partial charge on any atom is -0.355 e. The number of pyridine rings is 1. The van der Waals surface area contributed by atoms with E-state index in [1.807, 2.05) is 12.1 Å². The van der Waals surface area contributed by atoms with Gasteiger partial charge >= 0.3 is 0 Å². The highest BCUT2D eigenvalue weighted by molar-refractivity contribution is 8.26. The van der Waals surface area contributed by atoms with E-state index < -0.39 is 0 Å². The summed E-state index contributed by atoms with van der Waals surface area (Å²) in [4.78, 5) is 34.7. The molecule has 0 unspecified atom stereocenters. The van der Waals surface area contributed by atoms with E-state index in [1.165, 1.54) is 21.1 Å². The van der Waals surface area contributed by atoms with Gasteiger partial charge in [0.25, 0.3) is 11.5 Å². The van der Waals surface area contributed by atoms with Gasteiger partial charge in [0.05, 0.1) is 10.5 Å². The number of piperidine rings is 1. The smallest absolute Gasteiger partial charge is 0.267 e. The van der Waals surface area contributed by atoms with Gasteiger partial charge in [0.1, 0.15) is 15.8 Å². The van der Waals surface area contributed by atoms with Crippen LogP contribution >= 0.6 is 24.0 Å². The highest BCUT2D eigenvalue weighted by atomic mass is 32.2. The number of amides is 1. The molecule has 0 saturated carbocycles. The summed E-state index contributed by atoms with van der Waals surface area (Å²) in [7, 11) is 1.65. The quantitative estimate of drug-likeness (QED) is 0.556. The molecular weight excluding hydrogens is 392 g/mol. The monoisotopic (exact) mass is 414 g/mol. The third-order valence-electron chi connectivity index (χ3n) is 5.18. The number of hydrogen-bond donors (Lipinski definition) is 0. The predicted octanol–water partition coefficient (Wildman–Crippen LogP) is 3.01. The molecule has 0 aliphatic carbocycles. The third kappa shape index (κ3) is 3.35. The van der Waals surface area contributed by atoms with E-state index in [-0.39, 0.29) is 11.5 Å². The van der Waals surface area contributed by atoms with Crippen LogP contribution in [0.5, 0.6) is 0 Å². The molecule has 2 aliphatic rings. The Bertz CT molecular complexity index is 1050. The van der Waals surface area contributed by atoms with Crippen molar-refractivity contribution < 1.29 is 4.79 Å². The van der Waals surface area contributed by atoms with E-state index in [1.54, 1.807) is 25.4 Å². The molecule has 0 bridgehead atoms. The van der Waals surface area contributed by atoms with Gasteiger partial charge in [-0.2, -0.15) is 0 Å². The molecule has 2 aromatic rings. The zero-order chi connectivity index (χ0) is 20.0. The van der Waals surface area contributed by atoms with Gasteiger partial charge in [-0.3, -0.25) is 18.9 Å². The molecule has 2 aromatic heterocycles. The first kappa shape index (κ1) is 19.1. The third-order valence-corrected chi connectivity index (χ3v) is 6.66. The van der Waals surface area contributed by atoms with Crippen molar-refractivity contribution in [2.24, 2.45) is 11.8 Å². The van der Waals surface area contributed by atoms with Crippen molar-refractivity contribution in [1.29, 1.82) is 0 Å². The standard InChI is InChI=1S/C20H22N4O2S2/c1-12-8-13(2)11-23(10-12)17-14(9-15-19(26)22(3)20(27)28-15)18(25)24-7-5-4-6-16(24)21-17/h4-7,9,12-13H,8,10-11H2,1-3H3/b15-9-/t12-,13-/m0/s1. The second kappa shape index (κ2) is 7.33. The lowest BCUT2D eigenvalue weighted by molar-refractivity contribution is -0.121. The summed E-state index contributed by atoms with van der Waals surface area (Å²) in [5.74, 6) is 1.50. The molecule has 0 spiro atoms. The van der Waals surface area contributed by atoms with Crippen LogP contribution in [-0.2, 0) is 4.79 Å². The molecule has 2 aliphatic heterocycles. The molecule has 28 heavy (non-hydrogen) atoms. The first-order chi connectivity index (χ1) is 13.3. The van der Waals surface area contributed by atoms with Gasteiger partial charge in [0.15, 0.2) is 0 Å². The average molecular weight is 415 g/mol. The number of aromatic nitrogens is 2. The van der Waals surface area contributed by atoms with Gasteiger partial charge in [-0.25, -0.2) is 4.98 Å². The van der Waals surface area contributed by atoms with Crippen LogP contribution < -0.4 is 10.5 Å². The molecule has 0 radical (unpaired) electrons. The maximum Gasteiger partial charge on any atom is 0.267 e. The van der Waals surface area contributed by atoms with E-state index >= 15 is 0 Å². The van der Waals surface area contributed by atoms with Crippen LogP contribution in [0.4, 0.5) is 5.82 Å². The highest BCUT2D eigenvalue weighted by Crippen LogP contribution is 2.33. The Morgan fingerprint density at radius 3 is 2.57 bits per heavy atom. The van der Waals surface area contributed by atoms with E-state index in [9.17, 15) is 9.59 Å². The number of nitrogens with zero attached hydrogens (tertiary/aromatic N) is 4. The van der Waals surface area contributed by atoms with Gasteiger partial charge in [-0.1, -0.05) is 43.9 Å². The SMILES string of the molecule is C[C@H]1C[C@H](C)CN(c2nc3ccccn3c(=O)c2/C=C2\SC(=S)N(C)C2=O)C1. The van der Waals surface area contributed by atoms with Crippen molar-refractivity contribution in [3.05, 3.63) is 45.2 Å². The molecule has 2 saturated heterocycles. The summed E-state index contributed by atoms with van der Waals surface area (Å²) >= 11 is 6.45. The summed E-state index contributed by atoms with van der Waals surface area (Å²) in [6, 6.07) is 5.50. The summed E-state index contributed by atoms with van der Waals surface area (Å²) in [5.41, 5.74) is 0.875. The van der Waals surface area contributed by atoms with E-state index in [0.717, 1.165) is 19.5 Å². The number of carbonyl (C=O) groups is 1. The minimum absolute atomic E-state index is 0.173. The van der Waals surface area contributed by atoms with Crippen LogP contribution in [0.2, 0.25) is 0 Å². The van der Waals surface area contributed by atoms with Crippen LogP contribution in [0.25, 0.3) is 11.7 Å². The maximum atomic E-state index is 13.3. The fraction of sp³-hybridized carbons (Fsp3) is 0.400. The number of fused-ring (bicyclic) bond motifs is 1. The number of carbonyl (C=O) groups excluding carboxylic acids is 1. The van der Waals surface area contributed by atoms with Crippen LogP contribution in [0.15, 0.2) is 34.1 Å². The summed E-state index contributed by atoms with van der Waals surface area (Å²) in [6.07, 6.45) is 4.53. The second-order valence-electron chi connectivity index (χ2n) is 7.67. The zero-order valence-corrected chi connectivity index (χ0v) is 17.7. The lowest BCUT2D eigenvalue weighted by atomic mass is 9.91. The zero-order valence-electron chi connectivity index (χ0n) is 16.1. The fourth-order valence-electron chi connectivity index (χ4n) is 3.97. The van der Waals surface area contributed by atoms with Crippen LogP contribution in [0.1, 0.15) is 25.8 Å². The van der Waals surface area contributed by atoms with Crippen LogP contribution in [0, 0.1) is 11.8 Å². The summed E-state index contributed by atoms with van der Waals surface area (Å²) in [5, 5.41) is 0. The Hall–Kier alpha value is -2.19. The molecule has 146 valence electrons. The van der Waals surface area contributed by atoms with Gasteiger partial charge < -0.3 is 4.90 Å². The van der Waals surface area contributed by atoms with Crippen molar-refractivity contribution in [2.75, 3.05) is 25.0 Å². The molecule has 0 aromatic carbocycles. The Morgan fingerprint density at radius 1 is 1.21 bits per heavy atom. The topological polar surface area (TPSA) is 57.9 Å². The van der Waals surface area contributed by atoms with Crippen LogP contribution in [-0.4, -0.2) is 44.6 Å². The van der Waals surface area contributed by atoms with Crippen molar-refractivity contribution >= 4 is 51.7 Å². The van der Waals surface area contributed by atoms with Crippen molar-refractivity contribution in [1.82, 2.24) is 14.3 Å². The first-order valence-electron chi connectivity index (χ1n) is 9.33. The lowest BCUT2D eigenvalue weighted by Crippen LogP contribution is -2.40. The molecule has 4 heterocycles. The Balaban J connectivity index is 1.91. The largest absolute Gasteiger partial charge is 0.355 e. The number of anilines is 1. The number of thiocarbonyl (C=S) groups is 1. The summed E-state index contributed by atoms with van der Waals surface area (Å²) < 4.78 is 2.02. The van der Waals surface area contributed by atoms with E-state index in [2.05, 4.69) is 18.7 Å². The van der Waals surface area contributed by atoms with Crippen molar-refractivity contribution in [3.63, 3.8) is 0 Å². The van der Waals surface area contributed by atoms with Gasteiger partial charge in [-0.05, 0) is 36.5 Å². The Labute approximate surface area is 173 Å². The Morgan fingerprint density at radius 2 is 1.93 bits per heavy atom.